The molecule has 0 bridgehead atoms. The van der Waals surface area contributed by atoms with Crippen molar-refractivity contribution in [2.75, 3.05) is 16.8 Å². The molecule has 0 unspecified atom stereocenters. The van der Waals surface area contributed by atoms with E-state index in [9.17, 15) is 19.5 Å². The number of nitrogens with one attached hydrogen (secondary N) is 3. The van der Waals surface area contributed by atoms with Gasteiger partial charge in [0.25, 0.3) is 0 Å². The van der Waals surface area contributed by atoms with E-state index in [0.29, 0.717) is 25.1 Å². The number of urea groups is 1. The number of amides is 4. The predicted octanol–water partition coefficient (Wildman–Crippen LogP) is 3.95. The van der Waals surface area contributed by atoms with E-state index in [2.05, 4.69) is 16.0 Å². The minimum absolute atomic E-state index is 0.129. The number of aliphatic hydroxyl groups is 1. The van der Waals surface area contributed by atoms with Crippen molar-refractivity contribution in [2.24, 2.45) is 5.73 Å². The number of hydrogen-bond donors (Lipinski definition) is 5. The number of hydrogen-bond acceptors (Lipinski definition) is 5. The highest BCUT2D eigenvalue weighted by Crippen LogP contribution is 2.31. The molecule has 216 valence electrons. The molecular formula is C32H39N5O4. The summed E-state index contributed by atoms with van der Waals surface area (Å²) in [5.74, 6) is -0.391. The maximum atomic E-state index is 13.8. The Morgan fingerprint density at radius 3 is 2.44 bits per heavy atom. The van der Waals surface area contributed by atoms with Crippen LogP contribution in [0, 0.1) is 0 Å². The summed E-state index contributed by atoms with van der Waals surface area (Å²) in [7, 11) is 0. The minimum atomic E-state index is -0.668. The summed E-state index contributed by atoms with van der Waals surface area (Å²) in [5.41, 5.74) is 10.6. The van der Waals surface area contributed by atoms with Gasteiger partial charge in [0.1, 0.15) is 6.04 Å². The average molecular weight is 558 g/mol. The Morgan fingerprint density at radius 2 is 1.73 bits per heavy atom. The van der Waals surface area contributed by atoms with Crippen molar-refractivity contribution in [3.63, 3.8) is 0 Å². The summed E-state index contributed by atoms with van der Waals surface area (Å²) in [5, 5.41) is 17.8. The predicted molar refractivity (Wildman–Crippen MR) is 161 cm³/mol. The van der Waals surface area contributed by atoms with Crippen molar-refractivity contribution >= 4 is 29.2 Å². The van der Waals surface area contributed by atoms with E-state index in [1.54, 1.807) is 25.7 Å². The molecule has 0 fully saturated rings. The highest BCUT2D eigenvalue weighted by atomic mass is 16.3. The molecule has 0 aliphatic carbocycles. The number of nitrogens with zero attached hydrogens (tertiary/aromatic N) is 1. The van der Waals surface area contributed by atoms with Crippen LogP contribution in [0.3, 0.4) is 0 Å². The third kappa shape index (κ3) is 8.15. The third-order valence-corrected chi connectivity index (χ3v) is 6.84. The smallest absolute Gasteiger partial charge is 0.319 e. The van der Waals surface area contributed by atoms with Gasteiger partial charge in [-0.3, -0.25) is 9.59 Å². The zero-order valence-corrected chi connectivity index (χ0v) is 23.8. The van der Waals surface area contributed by atoms with E-state index in [1.807, 2.05) is 72.8 Å². The fraction of sp³-hybridized carbons (Fsp3) is 0.344. The highest BCUT2D eigenvalue weighted by Gasteiger charge is 2.32. The summed E-state index contributed by atoms with van der Waals surface area (Å²) >= 11 is 0. The van der Waals surface area contributed by atoms with Gasteiger partial charge in [-0.25, -0.2) is 4.79 Å². The largest absolute Gasteiger partial charge is 0.392 e. The van der Waals surface area contributed by atoms with Gasteiger partial charge in [-0.05, 0) is 62.4 Å². The van der Waals surface area contributed by atoms with Crippen molar-refractivity contribution in [2.45, 2.75) is 64.3 Å². The lowest BCUT2D eigenvalue weighted by Gasteiger charge is -2.27. The second kappa shape index (κ2) is 13.0. The molecule has 0 spiro atoms. The molecule has 4 rings (SSSR count). The Morgan fingerprint density at radius 1 is 1.05 bits per heavy atom. The lowest BCUT2D eigenvalue weighted by atomic mass is 10.0. The first-order valence-corrected chi connectivity index (χ1v) is 13.9. The minimum Gasteiger partial charge on any atom is -0.392 e. The summed E-state index contributed by atoms with van der Waals surface area (Å²) < 4.78 is 0. The first kappa shape index (κ1) is 29.8. The molecule has 4 amide bonds. The van der Waals surface area contributed by atoms with Crippen molar-refractivity contribution in [3.8, 4) is 11.1 Å². The summed E-state index contributed by atoms with van der Waals surface area (Å²) in [6, 6.07) is 22.1. The van der Waals surface area contributed by atoms with Crippen molar-refractivity contribution in [3.05, 3.63) is 83.9 Å². The van der Waals surface area contributed by atoms with Crippen LogP contribution in [0.25, 0.3) is 11.1 Å². The molecule has 6 N–H and O–H groups in total. The van der Waals surface area contributed by atoms with Gasteiger partial charge in [0.2, 0.25) is 11.8 Å². The molecule has 1 aliphatic heterocycles. The fourth-order valence-corrected chi connectivity index (χ4v) is 4.89. The molecule has 41 heavy (non-hydrogen) atoms. The molecule has 0 aromatic heterocycles. The molecular weight excluding hydrogens is 518 g/mol. The maximum Gasteiger partial charge on any atom is 0.319 e. The first-order valence-electron chi connectivity index (χ1n) is 13.9. The number of carbonyl (C=O) groups is 3. The Bertz CT molecular complexity index is 1380. The van der Waals surface area contributed by atoms with Crippen molar-refractivity contribution in [1.82, 2.24) is 10.6 Å². The maximum absolute atomic E-state index is 13.8. The van der Waals surface area contributed by atoms with Crippen LogP contribution in [-0.4, -0.2) is 47.2 Å². The van der Waals surface area contributed by atoms with Gasteiger partial charge >= 0.3 is 6.03 Å². The number of aryl methyl sites for hydroxylation is 1. The molecule has 0 saturated carbocycles. The molecule has 1 heterocycles. The Balaban J connectivity index is 1.53. The van der Waals surface area contributed by atoms with Crippen LogP contribution in [0.15, 0.2) is 72.8 Å². The topological polar surface area (TPSA) is 137 Å². The van der Waals surface area contributed by atoms with Gasteiger partial charge in [0, 0.05) is 29.8 Å². The van der Waals surface area contributed by atoms with E-state index in [0.717, 1.165) is 27.9 Å². The number of fused-ring (bicyclic) bond motifs is 1. The zero-order chi connectivity index (χ0) is 29.6. The van der Waals surface area contributed by atoms with E-state index in [-0.39, 0.29) is 24.8 Å². The number of anilines is 2. The van der Waals surface area contributed by atoms with Crippen molar-refractivity contribution < 1.29 is 19.5 Å². The van der Waals surface area contributed by atoms with Crippen LogP contribution >= 0.6 is 0 Å². The van der Waals surface area contributed by atoms with Crippen LogP contribution < -0.4 is 26.6 Å². The molecule has 3 aromatic rings. The Kier molecular flexibility index (Phi) is 9.42. The number of nitrogens with two attached hydrogens (primary N) is 1. The molecule has 1 aliphatic rings. The van der Waals surface area contributed by atoms with Crippen LogP contribution in [-0.2, 0) is 22.6 Å². The summed E-state index contributed by atoms with van der Waals surface area (Å²) in [4.78, 5) is 40.5. The van der Waals surface area contributed by atoms with Crippen LogP contribution in [0.2, 0.25) is 0 Å². The number of para-hydroxylation sites is 2. The van der Waals surface area contributed by atoms with E-state index < -0.39 is 23.7 Å². The standard InChI is InChI=1S/C32H39N5O4/c1-21(38)19-34-31(41)36-26-10-6-5-9-25(26)23-14-12-22(13-15-23)20-37-28-11-7-4-8-24(28)16-17-27(30(37)40)35-29(39)18-32(2,3)33/h4-15,21,27,38H,16-20,33H2,1-3H3,(H,35,39)(H2,34,36,41)/t21-,27-/m1/s1. The Hall–Kier alpha value is -4.21. The molecule has 3 aromatic carbocycles. The molecule has 2 atom stereocenters. The normalized spacial score (nSPS) is 15.9. The lowest BCUT2D eigenvalue weighted by molar-refractivity contribution is -0.128. The van der Waals surface area contributed by atoms with Crippen LogP contribution in [0.5, 0.6) is 0 Å². The molecule has 9 nitrogen and oxygen atoms in total. The lowest BCUT2D eigenvalue weighted by Crippen LogP contribution is -2.49. The molecule has 0 saturated heterocycles. The fourth-order valence-electron chi connectivity index (χ4n) is 4.89. The number of carbonyl (C=O) groups excluding carboxylic acids is 3. The number of aliphatic hydroxyl groups excluding tert-OH is 1. The Labute approximate surface area is 241 Å². The zero-order valence-electron chi connectivity index (χ0n) is 23.8. The highest BCUT2D eigenvalue weighted by molar-refractivity contribution is 6.00. The number of rotatable bonds is 9. The van der Waals surface area contributed by atoms with Gasteiger partial charge in [0.05, 0.1) is 18.3 Å². The van der Waals surface area contributed by atoms with Gasteiger partial charge in [0.15, 0.2) is 0 Å². The molecule has 9 heteroatoms. The third-order valence-electron chi connectivity index (χ3n) is 6.84. The molecule has 0 radical (unpaired) electrons. The van der Waals surface area contributed by atoms with Gasteiger partial charge < -0.3 is 31.7 Å². The van der Waals surface area contributed by atoms with Gasteiger partial charge in [-0.1, -0.05) is 60.7 Å². The van der Waals surface area contributed by atoms with Crippen LogP contribution in [0.4, 0.5) is 16.2 Å². The second-order valence-electron chi connectivity index (χ2n) is 11.3. The summed E-state index contributed by atoms with van der Waals surface area (Å²) in [6.45, 7) is 5.66. The first-order chi connectivity index (χ1) is 19.5. The SMILES string of the molecule is C[C@@H](O)CNC(=O)Nc1ccccc1-c1ccc(CN2C(=O)[C@H](NC(=O)CC(C)(C)N)CCc3ccccc32)cc1. The van der Waals surface area contributed by atoms with Crippen LogP contribution in [0.1, 0.15) is 44.7 Å². The van der Waals surface area contributed by atoms with Gasteiger partial charge in [-0.2, -0.15) is 0 Å². The van der Waals surface area contributed by atoms with E-state index in [1.165, 1.54) is 0 Å². The average Bonchev–Trinajstić information content (AvgIpc) is 3.04. The van der Waals surface area contributed by atoms with Crippen molar-refractivity contribution in [1.29, 1.82) is 0 Å². The second-order valence-corrected chi connectivity index (χ2v) is 11.3. The van der Waals surface area contributed by atoms with E-state index in [4.69, 9.17) is 5.73 Å². The van der Waals surface area contributed by atoms with E-state index >= 15 is 0 Å². The number of benzene rings is 3. The monoisotopic (exact) mass is 557 g/mol. The quantitative estimate of drug-likeness (QED) is 0.271. The van der Waals surface area contributed by atoms with Gasteiger partial charge in [-0.15, -0.1) is 0 Å². The summed E-state index contributed by atoms with van der Waals surface area (Å²) in [6.07, 6.45) is 0.666.